The predicted octanol–water partition coefficient (Wildman–Crippen LogP) is 3.40. The van der Waals surface area contributed by atoms with Gasteiger partial charge in [-0.15, -0.1) is 0 Å². The molecule has 1 fully saturated rings. The average Bonchev–Trinajstić information content (AvgIpc) is 3.49. The summed E-state index contributed by atoms with van der Waals surface area (Å²) in [6, 6.07) is 7.68. The third kappa shape index (κ3) is 8.11. The Kier molecular flexibility index (Phi) is 8.98. The van der Waals surface area contributed by atoms with Crippen LogP contribution in [0.3, 0.4) is 0 Å². The normalized spacial score (nSPS) is 13.1. The Morgan fingerprint density at radius 2 is 1.82 bits per heavy atom. The standard InChI is InChI=1S/C22H33N3O3/c1-3-4-5-6-7-11-22(28)25(19-12-13-19)16-21(27)23-15-20(26)24-18-10-8-9-17(2)14-18/h8-10,14,19H,3-7,11-13,15-16H2,1-2H3,(H,23,27)(H,24,26). The Hall–Kier alpha value is -2.37. The molecule has 1 aromatic carbocycles. The van der Waals surface area contributed by atoms with Gasteiger partial charge in [0.15, 0.2) is 0 Å². The van der Waals surface area contributed by atoms with E-state index >= 15 is 0 Å². The number of unbranched alkanes of at least 4 members (excludes halogenated alkanes) is 4. The van der Waals surface area contributed by atoms with Gasteiger partial charge >= 0.3 is 0 Å². The van der Waals surface area contributed by atoms with Gasteiger partial charge in [-0.2, -0.15) is 0 Å². The van der Waals surface area contributed by atoms with Gasteiger partial charge in [0.05, 0.1) is 13.1 Å². The van der Waals surface area contributed by atoms with Gasteiger partial charge in [-0.05, 0) is 43.9 Å². The van der Waals surface area contributed by atoms with Crippen molar-refractivity contribution in [2.75, 3.05) is 18.4 Å². The highest BCUT2D eigenvalue weighted by Crippen LogP contribution is 2.27. The molecule has 28 heavy (non-hydrogen) atoms. The molecule has 1 aromatic rings. The molecular weight excluding hydrogens is 354 g/mol. The van der Waals surface area contributed by atoms with E-state index in [0.29, 0.717) is 12.1 Å². The molecule has 0 atom stereocenters. The third-order valence-corrected chi connectivity index (χ3v) is 4.86. The van der Waals surface area contributed by atoms with Gasteiger partial charge in [0.1, 0.15) is 0 Å². The molecule has 0 aromatic heterocycles. The van der Waals surface area contributed by atoms with Gasteiger partial charge in [0, 0.05) is 18.2 Å². The first-order valence-corrected chi connectivity index (χ1v) is 10.4. The molecule has 0 saturated heterocycles. The lowest BCUT2D eigenvalue weighted by molar-refractivity contribution is -0.136. The number of carbonyl (C=O) groups excluding carboxylic acids is 3. The summed E-state index contributed by atoms with van der Waals surface area (Å²) in [5.74, 6) is -0.511. The Labute approximate surface area is 168 Å². The average molecular weight is 388 g/mol. The smallest absolute Gasteiger partial charge is 0.243 e. The van der Waals surface area contributed by atoms with Gasteiger partial charge in [-0.25, -0.2) is 0 Å². The first-order chi connectivity index (χ1) is 13.5. The number of nitrogens with one attached hydrogen (secondary N) is 2. The molecule has 1 saturated carbocycles. The lowest BCUT2D eigenvalue weighted by Gasteiger charge is -2.22. The number of hydrogen-bond donors (Lipinski definition) is 2. The van der Waals surface area contributed by atoms with Crippen LogP contribution in [0.2, 0.25) is 0 Å². The van der Waals surface area contributed by atoms with Crippen LogP contribution in [-0.2, 0) is 14.4 Å². The number of benzene rings is 1. The maximum Gasteiger partial charge on any atom is 0.243 e. The number of hydrogen-bond acceptors (Lipinski definition) is 3. The van der Waals surface area contributed by atoms with Crippen LogP contribution in [-0.4, -0.2) is 41.8 Å². The zero-order valence-corrected chi connectivity index (χ0v) is 17.1. The van der Waals surface area contributed by atoms with Crippen LogP contribution in [0, 0.1) is 6.92 Å². The molecule has 1 aliphatic rings. The topological polar surface area (TPSA) is 78.5 Å². The van der Waals surface area contributed by atoms with Crippen molar-refractivity contribution in [3.63, 3.8) is 0 Å². The predicted molar refractivity (Wildman–Crippen MR) is 111 cm³/mol. The molecule has 0 bridgehead atoms. The molecule has 0 heterocycles. The fourth-order valence-electron chi connectivity index (χ4n) is 3.15. The molecule has 0 unspecified atom stereocenters. The van der Waals surface area contributed by atoms with Gasteiger partial charge in [-0.1, -0.05) is 44.7 Å². The zero-order chi connectivity index (χ0) is 20.4. The van der Waals surface area contributed by atoms with Gasteiger partial charge in [-0.3, -0.25) is 14.4 Å². The van der Waals surface area contributed by atoms with E-state index < -0.39 is 0 Å². The van der Waals surface area contributed by atoms with E-state index in [0.717, 1.165) is 37.7 Å². The maximum atomic E-state index is 12.5. The fraction of sp³-hybridized carbons (Fsp3) is 0.591. The van der Waals surface area contributed by atoms with Crippen LogP contribution in [0.5, 0.6) is 0 Å². The van der Waals surface area contributed by atoms with Crippen LogP contribution < -0.4 is 10.6 Å². The van der Waals surface area contributed by atoms with E-state index in [1.165, 1.54) is 12.8 Å². The number of nitrogens with zero attached hydrogens (tertiary/aromatic N) is 1. The number of anilines is 1. The largest absolute Gasteiger partial charge is 0.345 e. The van der Waals surface area contributed by atoms with Gasteiger partial charge in [0.25, 0.3) is 0 Å². The molecule has 154 valence electrons. The number of aryl methyl sites for hydroxylation is 1. The highest BCUT2D eigenvalue weighted by Gasteiger charge is 2.33. The Morgan fingerprint density at radius 3 is 2.50 bits per heavy atom. The third-order valence-electron chi connectivity index (χ3n) is 4.86. The lowest BCUT2D eigenvalue weighted by atomic mass is 10.1. The van der Waals surface area contributed by atoms with Crippen molar-refractivity contribution in [3.8, 4) is 0 Å². The minimum Gasteiger partial charge on any atom is -0.345 e. The fourth-order valence-corrected chi connectivity index (χ4v) is 3.15. The molecule has 1 aliphatic carbocycles. The van der Waals surface area contributed by atoms with Gasteiger partial charge < -0.3 is 15.5 Å². The molecule has 0 spiro atoms. The van der Waals surface area contributed by atoms with Crippen molar-refractivity contribution in [2.24, 2.45) is 0 Å². The molecule has 6 nitrogen and oxygen atoms in total. The molecule has 2 rings (SSSR count). The van der Waals surface area contributed by atoms with E-state index in [1.807, 2.05) is 25.1 Å². The highest BCUT2D eigenvalue weighted by molar-refractivity contribution is 5.95. The van der Waals surface area contributed by atoms with E-state index in [2.05, 4.69) is 17.6 Å². The van der Waals surface area contributed by atoms with E-state index in [4.69, 9.17) is 0 Å². The summed E-state index contributed by atoms with van der Waals surface area (Å²) in [7, 11) is 0. The van der Waals surface area contributed by atoms with Crippen LogP contribution in [0.4, 0.5) is 5.69 Å². The number of amides is 3. The molecule has 6 heteroatoms. The quantitative estimate of drug-likeness (QED) is 0.540. The van der Waals surface area contributed by atoms with Crippen LogP contribution in [0.1, 0.15) is 63.9 Å². The number of carbonyl (C=O) groups is 3. The first kappa shape index (κ1) is 21.9. The van der Waals surface area contributed by atoms with E-state index in [-0.39, 0.29) is 36.9 Å². The van der Waals surface area contributed by atoms with Crippen molar-refractivity contribution in [2.45, 2.75) is 71.3 Å². The molecular formula is C22H33N3O3. The van der Waals surface area contributed by atoms with Crippen LogP contribution >= 0.6 is 0 Å². The second kappa shape index (κ2) is 11.5. The monoisotopic (exact) mass is 387 g/mol. The van der Waals surface area contributed by atoms with Crippen molar-refractivity contribution in [3.05, 3.63) is 29.8 Å². The first-order valence-electron chi connectivity index (χ1n) is 10.4. The highest BCUT2D eigenvalue weighted by atomic mass is 16.2. The van der Waals surface area contributed by atoms with E-state index in [1.54, 1.807) is 11.0 Å². The SMILES string of the molecule is CCCCCCCC(=O)N(CC(=O)NCC(=O)Nc1cccc(C)c1)C1CC1. The molecule has 2 N–H and O–H groups in total. The summed E-state index contributed by atoms with van der Waals surface area (Å²) in [6.45, 7) is 4.05. The van der Waals surface area contributed by atoms with Crippen LogP contribution in [0.25, 0.3) is 0 Å². The molecule has 3 amide bonds. The molecule has 0 aliphatic heterocycles. The Morgan fingerprint density at radius 1 is 1.07 bits per heavy atom. The van der Waals surface area contributed by atoms with Crippen LogP contribution in [0.15, 0.2) is 24.3 Å². The summed E-state index contributed by atoms with van der Waals surface area (Å²) in [6.07, 6.45) is 7.90. The number of rotatable bonds is 12. The second-order valence-corrected chi connectivity index (χ2v) is 7.61. The summed E-state index contributed by atoms with van der Waals surface area (Å²) in [4.78, 5) is 38.4. The van der Waals surface area contributed by atoms with Crippen molar-refractivity contribution >= 4 is 23.4 Å². The summed E-state index contributed by atoms with van der Waals surface area (Å²) in [5.41, 5.74) is 1.76. The lowest BCUT2D eigenvalue weighted by Crippen LogP contribution is -2.43. The van der Waals surface area contributed by atoms with Gasteiger partial charge in [0.2, 0.25) is 17.7 Å². The maximum absolute atomic E-state index is 12.5. The zero-order valence-electron chi connectivity index (χ0n) is 17.1. The van der Waals surface area contributed by atoms with Crippen molar-refractivity contribution in [1.82, 2.24) is 10.2 Å². The summed E-state index contributed by atoms with van der Waals surface area (Å²) in [5, 5.41) is 5.38. The van der Waals surface area contributed by atoms with Crippen molar-refractivity contribution in [1.29, 1.82) is 0 Å². The van der Waals surface area contributed by atoms with E-state index in [9.17, 15) is 14.4 Å². The minimum atomic E-state index is -0.286. The Balaban J connectivity index is 1.71. The minimum absolute atomic E-state index is 0.0379. The summed E-state index contributed by atoms with van der Waals surface area (Å²) < 4.78 is 0. The second-order valence-electron chi connectivity index (χ2n) is 7.61. The molecule has 0 radical (unpaired) electrons. The summed E-state index contributed by atoms with van der Waals surface area (Å²) >= 11 is 0. The Bertz CT molecular complexity index is 671. The van der Waals surface area contributed by atoms with Crippen molar-refractivity contribution < 1.29 is 14.4 Å².